The van der Waals surface area contributed by atoms with Gasteiger partial charge in [0.15, 0.2) is 0 Å². The Kier molecular flexibility index (Phi) is 4.32. The number of aryl methyl sites for hydroxylation is 1. The summed E-state index contributed by atoms with van der Waals surface area (Å²) < 4.78 is 1.35. The molecule has 132 valence electrons. The summed E-state index contributed by atoms with van der Waals surface area (Å²) in [5.74, 6) is 0.690. The summed E-state index contributed by atoms with van der Waals surface area (Å²) in [6.45, 7) is 2.76. The van der Waals surface area contributed by atoms with Gasteiger partial charge in [-0.05, 0) is 44.6 Å². The van der Waals surface area contributed by atoms with Crippen LogP contribution < -0.4 is 5.56 Å². The molecule has 25 heavy (non-hydrogen) atoms. The molecule has 1 amide bonds. The van der Waals surface area contributed by atoms with Gasteiger partial charge in [-0.3, -0.25) is 9.59 Å². The van der Waals surface area contributed by atoms with Gasteiger partial charge in [-0.1, -0.05) is 31.0 Å². The summed E-state index contributed by atoms with van der Waals surface area (Å²) in [5.41, 5.74) is 0.615. The van der Waals surface area contributed by atoms with E-state index in [1.807, 2.05) is 36.1 Å². The van der Waals surface area contributed by atoms with Crippen molar-refractivity contribution in [1.82, 2.24) is 14.7 Å². The number of rotatable bonds is 2. The van der Waals surface area contributed by atoms with Crippen LogP contribution in [-0.4, -0.2) is 33.2 Å². The monoisotopic (exact) mass is 339 g/mol. The van der Waals surface area contributed by atoms with Crippen LogP contribution in [0.3, 0.4) is 0 Å². The molecule has 1 saturated heterocycles. The third-order valence-electron chi connectivity index (χ3n) is 5.90. The predicted octanol–water partition coefficient (Wildman–Crippen LogP) is 2.89. The minimum atomic E-state index is -0.174. The Morgan fingerprint density at radius 1 is 1.12 bits per heavy atom. The second-order valence-electron chi connectivity index (χ2n) is 7.44. The van der Waals surface area contributed by atoms with Crippen LogP contribution in [0.25, 0.3) is 10.8 Å². The third-order valence-corrected chi connectivity index (χ3v) is 5.90. The molecule has 0 bridgehead atoms. The molecule has 1 saturated carbocycles. The van der Waals surface area contributed by atoms with Gasteiger partial charge >= 0.3 is 0 Å². The second kappa shape index (κ2) is 6.62. The van der Waals surface area contributed by atoms with Crippen LogP contribution >= 0.6 is 0 Å². The number of fused-ring (bicyclic) bond motifs is 2. The number of nitrogens with zero attached hydrogens (tertiary/aromatic N) is 3. The lowest BCUT2D eigenvalue weighted by Crippen LogP contribution is -2.51. The predicted molar refractivity (Wildman–Crippen MR) is 97.4 cm³/mol. The van der Waals surface area contributed by atoms with E-state index < -0.39 is 0 Å². The van der Waals surface area contributed by atoms with Crippen molar-refractivity contribution in [2.24, 2.45) is 5.92 Å². The Balaban J connectivity index is 1.61. The van der Waals surface area contributed by atoms with Gasteiger partial charge in [-0.15, -0.1) is 0 Å². The van der Waals surface area contributed by atoms with Gasteiger partial charge in [-0.2, -0.15) is 5.10 Å². The number of amides is 1. The van der Waals surface area contributed by atoms with Crippen LogP contribution in [0.1, 0.15) is 44.2 Å². The molecule has 2 aromatic rings. The molecular formula is C20H25N3O2. The fourth-order valence-corrected chi connectivity index (χ4v) is 4.67. The molecule has 5 nitrogen and oxygen atoms in total. The first-order valence-electron chi connectivity index (χ1n) is 9.41. The van der Waals surface area contributed by atoms with E-state index >= 15 is 0 Å². The molecule has 2 heterocycles. The average Bonchev–Trinajstić information content (AvgIpc) is 2.65. The molecule has 1 aliphatic heterocycles. The number of carbonyl (C=O) groups excluding carboxylic acids is 1. The molecule has 0 spiro atoms. The highest BCUT2D eigenvalue weighted by atomic mass is 16.2. The van der Waals surface area contributed by atoms with Crippen molar-refractivity contribution in [3.05, 3.63) is 40.3 Å². The standard InChI is InChI=1S/C20H25N3O2/c1-14-16-9-3-4-10-17(16)20(25)23(21-14)13-19(24)22-12-6-8-15-7-2-5-11-18(15)22/h3-4,9-10,15,18H,2,5-8,11-13H2,1H3/t15-,18-/m0/s1. The van der Waals surface area contributed by atoms with Crippen LogP contribution in [0.4, 0.5) is 0 Å². The fourth-order valence-electron chi connectivity index (χ4n) is 4.67. The van der Waals surface area contributed by atoms with Gasteiger partial charge in [0.25, 0.3) is 5.56 Å². The highest BCUT2D eigenvalue weighted by molar-refractivity contribution is 5.83. The van der Waals surface area contributed by atoms with Crippen LogP contribution in [-0.2, 0) is 11.3 Å². The van der Waals surface area contributed by atoms with E-state index in [-0.39, 0.29) is 18.0 Å². The van der Waals surface area contributed by atoms with Gasteiger partial charge in [0.2, 0.25) is 5.91 Å². The number of likely N-dealkylation sites (tertiary alicyclic amines) is 1. The molecule has 2 fully saturated rings. The van der Waals surface area contributed by atoms with Crippen LogP contribution in [0.15, 0.2) is 29.1 Å². The number of aromatic nitrogens is 2. The van der Waals surface area contributed by atoms with E-state index in [2.05, 4.69) is 5.10 Å². The van der Waals surface area contributed by atoms with Crippen LogP contribution in [0.2, 0.25) is 0 Å². The molecular weight excluding hydrogens is 314 g/mol. The second-order valence-corrected chi connectivity index (χ2v) is 7.44. The molecule has 1 aromatic heterocycles. The number of piperidine rings is 1. The Morgan fingerprint density at radius 3 is 2.68 bits per heavy atom. The minimum Gasteiger partial charge on any atom is -0.338 e. The normalized spacial score (nSPS) is 23.5. The van der Waals surface area contributed by atoms with Crippen molar-refractivity contribution in [3.8, 4) is 0 Å². The lowest BCUT2D eigenvalue weighted by atomic mass is 9.78. The first-order valence-corrected chi connectivity index (χ1v) is 9.41. The molecule has 2 atom stereocenters. The Bertz CT molecular complexity index is 856. The van der Waals surface area contributed by atoms with E-state index in [1.54, 1.807) is 0 Å². The van der Waals surface area contributed by atoms with E-state index in [0.29, 0.717) is 17.3 Å². The summed E-state index contributed by atoms with van der Waals surface area (Å²) in [7, 11) is 0. The maximum absolute atomic E-state index is 12.9. The zero-order valence-electron chi connectivity index (χ0n) is 14.8. The van der Waals surface area contributed by atoms with Crippen LogP contribution in [0.5, 0.6) is 0 Å². The smallest absolute Gasteiger partial charge is 0.275 e. The van der Waals surface area contributed by atoms with Crippen molar-refractivity contribution in [2.45, 2.75) is 58.0 Å². The average molecular weight is 339 g/mol. The van der Waals surface area contributed by atoms with Gasteiger partial charge in [0.05, 0.1) is 11.1 Å². The summed E-state index contributed by atoms with van der Waals surface area (Å²) in [4.78, 5) is 27.7. The molecule has 0 unspecified atom stereocenters. The summed E-state index contributed by atoms with van der Waals surface area (Å²) >= 11 is 0. The number of hydrogen-bond acceptors (Lipinski definition) is 3. The maximum Gasteiger partial charge on any atom is 0.275 e. The lowest BCUT2D eigenvalue weighted by Gasteiger charge is -2.44. The number of carbonyl (C=O) groups is 1. The quantitative estimate of drug-likeness (QED) is 0.845. The first-order chi connectivity index (χ1) is 12.1. The largest absolute Gasteiger partial charge is 0.338 e. The van der Waals surface area contributed by atoms with Crippen LogP contribution in [0, 0.1) is 12.8 Å². The highest BCUT2D eigenvalue weighted by Gasteiger charge is 2.35. The lowest BCUT2D eigenvalue weighted by molar-refractivity contribution is -0.138. The van der Waals surface area contributed by atoms with E-state index in [1.165, 1.54) is 30.4 Å². The van der Waals surface area contributed by atoms with Crippen molar-refractivity contribution in [2.75, 3.05) is 6.54 Å². The van der Waals surface area contributed by atoms with Gasteiger partial charge in [0, 0.05) is 18.0 Å². The van der Waals surface area contributed by atoms with Crippen molar-refractivity contribution < 1.29 is 4.79 Å². The van der Waals surface area contributed by atoms with Gasteiger partial charge in [-0.25, -0.2) is 4.68 Å². The van der Waals surface area contributed by atoms with Crippen molar-refractivity contribution >= 4 is 16.7 Å². The van der Waals surface area contributed by atoms with Crippen molar-refractivity contribution in [3.63, 3.8) is 0 Å². The zero-order valence-corrected chi connectivity index (χ0v) is 14.8. The third kappa shape index (κ3) is 2.96. The molecule has 0 radical (unpaired) electrons. The number of hydrogen-bond donors (Lipinski definition) is 0. The molecule has 0 N–H and O–H groups in total. The molecule has 5 heteroatoms. The van der Waals surface area contributed by atoms with Crippen molar-refractivity contribution in [1.29, 1.82) is 0 Å². The van der Waals surface area contributed by atoms with E-state index in [9.17, 15) is 9.59 Å². The molecule has 4 rings (SSSR count). The molecule has 1 aromatic carbocycles. The van der Waals surface area contributed by atoms with E-state index in [0.717, 1.165) is 30.5 Å². The molecule has 2 aliphatic rings. The summed E-state index contributed by atoms with van der Waals surface area (Å²) in [6, 6.07) is 7.84. The van der Waals surface area contributed by atoms with Gasteiger partial charge in [0.1, 0.15) is 6.54 Å². The molecule has 1 aliphatic carbocycles. The minimum absolute atomic E-state index is 0.0425. The Labute approximate surface area is 147 Å². The first kappa shape index (κ1) is 16.3. The van der Waals surface area contributed by atoms with E-state index in [4.69, 9.17) is 0 Å². The number of benzene rings is 1. The Hall–Kier alpha value is -2.17. The van der Waals surface area contributed by atoms with Gasteiger partial charge < -0.3 is 4.90 Å². The highest BCUT2D eigenvalue weighted by Crippen LogP contribution is 2.35. The fraction of sp³-hybridized carbons (Fsp3) is 0.550. The summed E-state index contributed by atoms with van der Waals surface area (Å²) in [6.07, 6.45) is 7.15. The zero-order chi connectivity index (χ0) is 17.4. The topological polar surface area (TPSA) is 55.2 Å². The SMILES string of the molecule is Cc1nn(CC(=O)N2CCC[C@@H]3CCCC[C@@H]32)c(=O)c2ccccc12. The maximum atomic E-state index is 12.9. The summed E-state index contributed by atoms with van der Waals surface area (Å²) in [5, 5.41) is 5.89. The Morgan fingerprint density at radius 2 is 1.84 bits per heavy atom.